The van der Waals surface area contributed by atoms with Crippen LogP contribution >= 0.6 is 0 Å². The maximum Gasteiger partial charge on any atom is 0.414 e. The minimum absolute atomic E-state index is 0.720. The maximum atomic E-state index is 9.10. The first-order chi connectivity index (χ1) is 13.1. The molecule has 2 aromatic heterocycles. The third-order valence-corrected chi connectivity index (χ3v) is 3.55. The average molecular weight is 362 g/mol. The van der Waals surface area contributed by atoms with Gasteiger partial charge in [-0.2, -0.15) is 0 Å². The Labute approximate surface area is 153 Å². The third kappa shape index (κ3) is 4.13. The molecule has 134 valence electrons. The molecule has 2 heterocycles. The van der Waals surface area contributed by atoms with Gasteiger partial charge in [-0.25, -0.2) is 24.5 Å². The van der Waals surface area contributed by atoms with Crippen molar-refractivity contribution in [1.82, 2.24) is 19.5 Å². The van der Waals surface area contributed by atoms with Crippen LogP contribution in [0.3, 0.4) is 0 Å². The Hall–Kier alpha value is -4.07. The molecule has 4 aromatic rings. The number of fused-ring (bicyclic) bond motifs is 1. The van der Waals surface area contributed by atoms with Crippen LogP contribution in [0.15, 0.2) is 73.3 Å². The van der Waals surface area contributed by atoms with E-state index in [1.54, 1.807) is 12.5 Å². The van der Waals surface area contributed by atoms with E-state index < -0.39 is 11.9 Å². The molecule has 0 fully saturated rings. The zero-order valence-electron chi connectivity index (χ0n) is 13.9. The molecule has 0 spiro atoms. The van der Waals surface area contributed by atoms with E-state index in [2.05, 4.69) is 9.97 Å². The molecule has 0 aliphatic heterocycles. The van der Waals surface area contributed by atoms with Crippen molar-refractivity contribution in [2.75, 3.05) is 0 Å². The summed E-state index contributed by atoms with van der Waals surface area (Å²) in [4.78, 5) is 31.7. The van der Waals surface area contributed by atoms with E-state index in [0.29, 0.717) is 0 Å². The van der Waals surface area contributed by atoms with Gasteiger partial charge in [-0.3, -0.25) is 4.57 Å². The highest BCUT2D eigenvalue weighted by molar-refractivity contribution is 6.27. The number of aliphatic carboxylic acids is 2. The van der Waals surface area contributed by atoms with Gasteiger partial charge in [0.05, 0.1) is 5.52 Å². The summed E-state index contributed by atoms with van der Waals surface area (Å²) in [5, 5.41) is 15.8. The fourth-order valence-corrected chi connectivity index (χ4v) is 2.36. The number of hydrogen-bond acceptors (Lipinski definition) is 5. The highest BCUT2D eigenvalue weighted by atomic mass is 16.4. The number of rotatable bonds is 2. The molecular formula is C19H14N4O4. The summed E-state index contributed by atoms with van der Waals surface area (Å²) in [7, 11) is 0. The number of carbonyl (C=O) groups is 2. The average Bonchev–Trinajstić information content (AvgIpc) is 3.23. The summed E-state index contributed by atoms with van der Waals surface area (Å²) in [5.41, 5.74) is 1.93. The van der Waals surface area contributed by atoms with E-state index >= 15 is 0 Å². The quantitative estimate of drug-likeness (QED) is 0.526. The predicted molar refractivity (Wildman–Crippen MR) is 97.4 cm³/mol. The van der Waals surface area contributed by atoms with Crippen molar-refractivity contribution in [3.8, 4) is 17.2 Å². The van der Waals surface area contributed by atoms with E-state index in [1.807, 2.05) is 65.4 Å². The topological polar surface area (TPSA) is 118 Å². The number of nitrogens with zero attached hydrogens (tertiary/aromatic N) is 4. The highest BCUT2D eigenvalue weighted by Crippen LogP contribution is 2.23. The van der Waals surface area contributed by atoms with Gasteiger partial charge in [-0.05, 0) is 12.1 Å². The fourth-order valence-electron chi connectivity index (χ4n) is 2.36. The number of para-hydroxylation sites is 1. The molecule has 0 aliphatic carbocycles. The van der Waals surface area contributed by atoms with Gasteiger partial charge in [0.1, 0.15) is 12.1 Å². The van der Waals surface area contributed by atoms with Crippen LogP contribution in [-0.4, -0.2) is 41.7 Å². The number of benzene rings is 2. The Morgan fingerprint density at radius 3 is 2.15 bits per heavy atom. The van der Waals surface area contributed by atoms with Crippen LogP contribution in [0.1, 0.15) is 0 Å². The molecule has 0 radical (unpaired) electrons. The SMILES string of the molecule is O=C(O)C(=O)O.c1ccc(-c2nc(-n3ccnc3)c3ccccc3n2)cc1. The second-order valence-electron chi connectivity index (χ2n) is 5.33. The number of aromatic nitrogens is 4. The second-order valence-corrected chi connectivity index (χ2v) is 5.33. The lowest BCUT2D eigenvalue weighted by Gasteiger charge is -2.09. The van der Waals surface area contributed by atoms with Crippen molar-refractivity contribution in [3.05, 3.63) is 73.3 Å². The predicted octanol–water partition coefficient (Wildman–Crippen LogP) is 2.64. The Bertz CT molecular complexity index is 1070. The van der Waals surface area contributed by atoms with Gasteiger partial charge in [0.25, 0.3) is 0 Å². The third-order valence-electron chi connectivity index (χ3n) is 3.55. The lowest BCUT2D eigenvalue weighted by molar-refractivity contribution is -0.159. The molecule has 0 unspecified atom stereocenters. The van der Waals surface area contributed by atoms with E-state index in [-0.39, 0.29) is 0 Å². The van der Waals surface area contributed by atoms with Crippen LogP contribution in [0.5, 0.6) is 0 Å². The zero-order chi connectivity index (χ0) is 19.2. The summed E-state index contributed by atoms with van der Waals surface area (Å²) in [6, 6.07) is 18.0. The Morgan fingerprint density at radius 2 is 1.52 bits per heavy atom. The van der Waals surface area contributed by atoms with Gasteiger partial charge in [0, 0.05) is 23.3 Å². The van der Waals surface area contributed by atoms with Crippen LogP contribution in [0.25, 0.3) is 28.1 Å². The van der Waals surface area contributed by atoms with Crippen molar-refractivity contribution in [3.63, 3.8) is 0 Å². The first-order valence-corrected chi connectivity index (χ1v) is 7.83. The second kappa shape index (κ2) is 7.87. The number of carboxylic acid groups (broad SMARTS) is 2. The Balaban J connectivity index is 0.000000307. The van der Waals surface area contributed by atoms with Crippen LogP contribution in [0.2, 0.25) is 0 Å². The molecule has 0 saturated carbocycles. The lowest BCUT2D eigenvalue weighted by Crippen LogP contribution is -2.09. The first-order valence-electron chi connectivity index (χ1n) is 7.83. The maximum absolute atomic E-state index is 9.10. The van der Waals surface area contributed by atoms with E-state index in [0.717, 1.165) is 28.1 Å². The van der Waals surface area contributed by atoms with Crippen molar-refractivity contribution in [2.24, 2.45) is 0 Å². The van der Waals surface area contributed by atoms with Gasteiger partial charge in [0.2, 0.25) is 0 Å². The molecule has 0 bridgehead atoms. The van der Waals surface area contributed by atoms with Gasteiger partial charge < -0.3 is 10.2 Å². The van der Waals surface area contributed by atoms with E-state index in [9.17, 15) is 0 Å². The largest absolute Gasteiger partial charge is 0.473 e. The number of hydrogen-bond donors (Lipinski definition) is 2. The number of imidazole rings is 1. The molecule has 0 atom stereocenters. The molecule has 27 heavy (non-hydrogen) atoms. The standard InChI is InChI=1S/C17H12N4.C2H2O4/c1-2-6-13(7-3-1)16-19-15-9-5-4-8-14(15)17(20-16)21-11-10-18-12-21;3-1(4)2(5)6/h1-12H;(H,3,4)(H,5,6). The van der Waals surface area contributed by atoms with Crippen molar-refractivity contribution in [1.29, 1.82) is 0 Å². The molecule has 2 N–H and O–H groups in total. The molecule has 0 amide bonds. The normalized spacial score (nSPS) is 10.1. The van der Waals surface area contributed by atoms with Gasteiger partial charge in [0.15, 0.2) is 5.82 Å². The monoisotopic (exact) mass is 362 g/mol. The minimum Gasteiger partial charge on any atom is -0.473 e. The molecule has 8 nitrogen and oxygen atoms in total. The van der Waals surface area contributed by atoms with Crippen molar-refractivity contribution < 1.29 is 19.8 Å². The molecule has 0 aliphatic rings. The van der Waals surface area contributed by atoms with E-state index in [1.165, 1.54) is 0 Å². The van der Waals surface area contributed by atoms with Crippen LogP contribution in [0.4, 0.5) is 0 Å². The summed E-state index contributed by atoms with van der Waals surface area (Å²) in [6.07, 6.45) is 5.40. The summed E-state index contributed by atoms with van der Waals surface area (Å²) in [5.74, 6) is -2.08. The summed E-state index contributed by atoms with van der Waals surface area (Å²) in [6.45, 7) is 0. The van der Waals surface area contributed by atoms with Gasteiger partial charge in [-0.15, -0.1) is 0 Å². The zero-order valence-corrected chi connectivity index (χ0v) is 13.9. The summed E-state index contributed by atoms with van der Waals surface area (Å²) >= 11 is 0. The first kappa shape index (κ1) is 17.7. The fraction of sp³-hybridized carbons (Fsp3) is 0. The molecule has 8 heteroatoms. The molecule has 0 saturated heterocycles. The Morgan fingerprint density at radius 1 is 0.852 bits per heavy atom. The van der Waals surface area contributed by atoms with Crippen LogP contribution in [-0.2, 0) is 9.59 Å². The molecule has 2 aromatic carbocycles. The molecular weight excluding hydrogens is 348 g/mol. The van der Waals surface area contributed by atoms with Crippen LogP contribution in [0, 0.1) is 0 Å². The smallest absolute Gasteiger partial charge is 0.414 e. The van der Waals surface area contributed by atoms with Gasteiger partial charge >= 0.3 is 11.9 Å². The number of carboxylic acids is 2. The highest BCUT2D eigenvalue weighted by Gasteiger charge is 2.10. The summed E-state index contributed by atoms with van der Waals surface area (Å²) < 4.78 is 1.91. The minimum atomic E-state index is -1.82. The lowest BCUT2D eigenvalue weighted by atomic mass is 10.2. The van der Waals surface area contributed by atoms with Crippen molar-refractivity contribution >= 4 is 22.8 Å². The molecule has 4 rings (SSSR count). The van der Waals surface area contributed by atoms with Crippen molar-refractivity contribution in [2.45, 2.75) is 0 Å². The van der Waals surface area contributed by atoms with E-state index in [4.69, 9.17) is 24.8 Å². The Kier molecular flexibility index (Phi) is 5.17. The van der Waals surface area contributed by atoms with Crippen LogP contribution < -0.4 is 0 Å². The van der Waals surface area contributed by atoms with Gasteiger partial charge in [-0.1, -0.05) is 42.5 Å².